The number of carbonyl (C=O) groups excluding carboxylic acids is 1. The predicted octanol–water partition coefficient (Wildman–Crippen LogP) is 5.01. The first-order chi connectivity index (χ1) is 13.7. The van der Waals surface area contributed by atoms with Crippen LogP contribution in [-0.2, 0) is 19.0 Å². The van der Waals surface area contributed by atoms with Crippen LogP contribution in [0, 0.1) is 0 Å². The summed E-state index contributed by atoms with van der Waals surface area (Å²) < 4.78 is 16.4. The molecule has 0 aliphatic rings. The lowest BCUT2D eigenvalue weighted by Crippen LogP contribution is -2.24. The normalized spacial score (nSPS) is 11.5. The quantitative estimate of drug-likeness (QED) is 0.436. The van der Waals surface area contributed by atoms with Crippen LogP contribution in [0.15, 0.2) is 91.0 Å². The van der Waals surface area contributed by atoms with Crippen molar-refractivity contribution in [3.8, 4) is 0 Å². The van der Waals surface area contributed by atoms with Crippen LogP contribution in [-0.4, -0.2) is 18.3 Å². The molecule has 142 valence electrons. The average molecular weight is 392 g/mol. The molecule has 5 heteroatoms. The number of rotatable bonds is 6. The molecule has 4 nitrogen and oxygen atoms in total. The topological polar surface area (TPSA) is 44.8 Å². The SMILES string of the molecule is COC(=S)OC(C(=O)OC(c1ccccc1)c1ccccc1)c1ccccc1. The van der Waals surface area contributed by atoms with Gasteiger partial charge in [0.05, 0.1) is 7.11 Å². The summed E-state index contributed by atoms with van der Waals surface area (Å²) in [4.78, 5) is 13.1. The van der Waals surface area contributed by atoms with Crippen molar-refractivity contribution in [1.82, 2.24) is 0 Å². The lowest BCUT2D eigenvalue weighted by atomic mass is 10.0. The highest BCUT2D eigenvalue weighted by molar-refractivity contribution is 7.79. The van der Waals surface area contributed by atoms with Crippen molar-refractivity contribution in [2.45, 2.75) is 12.2 Å². The molecule has 0 N–H and O–H groups in total. The highest BCUT2D eigenvalue weighted by Crippen LogP contribution is 2.29. The first-order valence-corrected chi connectivity index (χ1v) is 9.20. The number of methoxy groups -OCH3 is 1. The average Bonchev–Trinajstić information content (AvgIpc) is 2.77. The number of hydrogen-bond acceptors (Lipinski definition) is 5. The van der Waals surface area contributed by atoms with E-state index in [-0.39, 0.29) is 5.24 Å². The zero-order valence-electron chi connectivity index (χ0n) is 15.4. The van der Waals surface area contributed by atoms with Crippen molar-refractivity contribution in [3.63, 3.8) is 0 Å². The minimum absolute atomic E-state index is 0.123. The molecule has 28 heavy (non-hydrogen) atoms. The highest BCUT2D eigenvalue weighted by atomic mass is 32.1. The molecule has 0 bridgehead atoms. The van der Waals surface area contributed by atoms with Gasteiger partial charge in [-0.15, -0.1) is 0 Å². The van der Waals surface area contributed by atoms with Gasteiger partial charge in [-0.1, -0.05) is 91.0 Å². The van der Waals surface area contributed by atoms with Crippen molar-refractivity contribution in [2.24, 2.45) is 0 Å². The van der Waals surface area contributed by atoms with E-state index in [1.54, 1.807) is 12.1 Å². The Labute approximate surface area is 169 Å². The summed E-state index contributed by atoms with van der Waals surface area (Å²) in [6, 6.07) is 28.2. The Morgan fingerprint density at radius 2 is 1.14 bits per heavy atom. The Bertz CT molecular complexity index is 858. The Morgan fingerprint density at radius 1 is 0.714 bits per heavy atom. The molecule has 1 atom stereocenters. The van der Waals surface area contributed by atoms with Crippen LogP contribution >= 0.6 is 12.2 Å². The fraction of sp³-hybridized carbons (Fsp3) is 0.130. The van der Waals surface area contributed by atoms with Crippen molar-refractivity contribution < 1.29 is 19.0 Å². The summed E-state index contributed by atoms with van der Waals surface area (Å²) in [5, 5.41) is -0.123. The molecule has 0 heterocycles. The maximum atomic E-state index is 13.1. The molecule has 0 fully saturated rings. The van der Waals surface area contributed by atoms with Gasteiger partial charge in [0, 0.05) is 17.8 Å². The van der Waals surface area contributed by atoms with Gasteiger partial charge in [-0.25, -0.2) is 4.79 Å². The molecule has 0 spiro atoms. The first kappa shape index (κ1) is 19.6. The molecule has 3 rings (SSSR count). The Balaban J connectivity index is 1.91. The van der Waals surface area contributed by atoms with Crippen LogP contribution in [0.5, 0.6) is 0 Å². The van der Waals surface area contributed by atoms with Gasteiger partial charge in [0.1, 0.15) is 0 Å². The van der Waals surface area contributed by atoms with Crippen molar-refractivity contribution in [2.75, 3.05) is 7.11 Å². The lowest BCUT2D eigenvalue weighted by Gasteiger charge is -2.23. The van der Waals surface area contributed by atoms with Crippen LogP contribution in [0.3, 0.4) is 0 Å². The van der Waals surface area contributed by atoms with Crippen LogP contribution in [0.1, 0.15) is 28.9 Å². The molecule has 0 saturated heterocycles. The van der Waals surface area contributed by atoms with E-state index in [1.165, 1.54) is 7.11 Å². The Kier molecular flexibility index (Phi) is 6.76. The van der Waals surface area contributed by atoms with Gasteiger partial charge < -0.3 is 14.2 Å². The summed E-state index contributed by atoms with van der Waals surface area (Å²) in [5.41, 5.74) is 2.36. The molecular weight excluding hydrogens is 372 g/mol. The van der Waals surface area contributed by atoms with Crippen LogP contribution in [0.2, 0.25) is 0 Å². The second kappa shape index (κ2) is 9.67. The van der Waals surface area contributed by atoms with E-state index >= 15 is 0 Å². The molecule has 0 amide bonds. The molecule has 3 aromatic carbocycles. The number of benzene rings is 3. The fourth-order valence-electron chi connectivity index (χ4n) is 2.79. The Morgan fingerprint density at radius 3 is 1.57 bits per heavy atom. The number of esters is 1. The van der Waals surface area contributed by atoms with Gasteiger partial charge in [-0.2, -0.15) is 0 Å². The van der Waals surface area contributed by atoms with E-state index in [1.807, 2.05) is 78.9 Å². The number of carbonyl (C=O) groups is 1. The number of ether oxygens (including phenoxy) is 3. The maximum absolute atomic E-state index is 13.1. The molecule has 0 radical (unpaired) electrons. The summed E-state index contributed by atoms with van der Waals surface area (Å²) in [5.74, 6) is -0.552. The summed E-state index contributed by atoms with van der Waals surface area (Å²) in [7, 11) is 1.40. The van der Waals surface area contributed by atoms with Crippen molar-refractivity contribution >= 4 is 23.4 Å². The standard InChI is InChI=1S/C23H20O4S/c1-25-23(28)27-21(19-15-9-4-10-16-19)22(24)26-20(17-11-5-2-6-12-17)18-13-7-3-8-14-18/h2-16,20-21H,1H3. The van der Waals surface area contributed by atoms with Crippen LogP contribution < -0.4 is 0 Å². The second-order valence-electron chi connectivity index (χ2n) is 6.00. The van der Waals surface area contributed by atoms with Gasteiger partial charge in [-0.05, 0) is 11.1 Å². The van der Waals surface area contributed by atoms with E-state index in [4.69, 9.17) is 26.4 Å². The van der Waals surface area contributed by atoms with E-state index in [0.717, 1.165) is 11.1 Å². The lowest BCUT2D eigenvalue weighted by molar-refractivity contribution is -0.157. The van der Waals surface area contributed by atoms with Crippen LogP contribution in [0.4, 0.5) is 0 Å². The zero-order chi connectivity index (χ0) is 19.8. The van der Waals surface area contributed by atoms with Crippen molar-refractivity contribution in [1.29, 1.82) is 0 Å². The molecule has 0 aliphatic heterocycles. The summed E-state index contributed by atoms with van der Waals surface area (Å²) >= 11 is 5.00. The van der Waals surface area contributed by atoms with Gasteiger partial charge in [0.2, 0.25) is 6.10 Å². The van der Waals surface area contributed by atoms with E-state index in [9.17, 15) is 4.79 Å². The van der Waals surface area contributed by atoms with E-state index in [0.29, 0.717) is 5.56 Å². The summed E-state index contributed by atoms with van der Waals surface area (Å²) in [6.07, 6.45) is -1.59. The minimum atomic E-state index is -1.02. The van der Waals surface area contributed by atoms with Gasteiger partial charge in [0.25, 0.3) is 0 Å². The smallest absolute Gasteiger partial charge is 0.353 e. The third-order valence-electron chi connectivity index (χ3n) is 4.14. The fourth-order valence-corrected chi connectivity index (χ4v) is 2.88. The second-order valence-corrected chi connectivity index (χ2v) is 6.33. The van der Waals surface area contributed by atoms with Crippen LogP contribution in [0.25, 0.3) is 0 Å². The van der Waals surface area contributed by atoms with Gasteiger partial charge in [0.15, 0.2) is 6.10 Å². The minimum Gasteiger partial charge on any atom is -0.460 e. The first-order valence-electron chi connectivity index (χ1n) is 8.79. The molecule has 1 unspecified atom stereocenters. The molecule has 0 aliphatic carbocycles. The zero-order valence-corrected chi connectivity index (χ0v) is 16.2. The number of hydrogen-bond donors (Lipinski definition) is 0. The largest absolute Gasteiger partial charge is 0.460 e. The highest BCUT2D eigenvalue weighted by Gasteiger charge is 2.29. The number of thiocarbonyl (C=S) groups is 1. The van der Waals surface area contributed by atoms with E-state index in [2.05, 4.69) is 0 Å². The summed E-state index contributed by atoms with van der Waals surface area (Å²) in [6.45, 7) is 0. The Hall–Kier alpha value is -3.18. The van der Waals surface area contributed by atoms with Gasteiger partial charge >= 0.3 is 11.2 Å². The van der Waals surface area contributed by atoms with E-state index < -0.39 is 18.2 Å². The molecule has 3 aromatic rings. The monoisotopic (exact) mass is 392 g/mol. The third-order valence-corrected chi connectivity index (χ3v) is 4.40. The predicted molar refractivity (Wildman–Crippen MR) is 111 cm³/mol. The third kappa shape index (κ3) is 4.96. The molecule has 0 saturated carbocycles. The molecule has 0 aromatic heterocycles. The van der Waals surface area contributed by atoms with Gasteiger partial charge in [-0.3, -0.25) is 0 Å². The molecular formula is C23H20O4S. The maximum Gasteiger partial charge on any atom is 0.353 e. The van der Waals surface area contributed by atoms with Crippen molar-refractivity contribution in [3.05, 3.63) is 108 Å².